The lowest BCUT2D eigenvalue weighted by Crippen LogP contribution is -2.34. The Balaban J connectivity index is 1.80. The van der Waals surface area contributed by atoms with E-state index < -0.39 is 22.1 Å². The van der Waals surface area contributed by atoms with E-state index in [-0.39, 0.29) is 11.4 Å². The SMILES string of the molecule is O=C(O)NCCc1nc(-c2ccccc2)c(NC(=O)NS(=O)(=O)c2ccc(Cl)cc2)s1. The number of aromatic nitrogens is 1. The molecule has 0 radical (unpaired) electrons. The summed E-state index contributed by atoms with van der Waals surface area (Å²) in [5.41, 5.74) is 1.17. The van der Waals surface area contributed by atoms with E-state index in [0.29, 0.717) is 32.7 Å². The first-order valence-corrected chi connectivity index (χ1v) is 11.5. The second-order valence-electron chi connectivity index (χ2n) is 6.15. The zero-order valence-corrected chi connectivity index (χ0v) is 18.2. The first-order valence-electron chi connectivity index (χ1n) is 8.86. The smallest absolute Gasteiger partial charge is 0.404 e. The minimum atomic E-state index is -4.10. The van der Waals surface area contributed by atoms with Crippen molar-refractivity contribution in [3.05, 3.63) is 64.6 Å². The second kappa shape index (κ2) is 9.77. The first kappa shape index (κ1) is 22.5. The molecule has 3 aromatic rings. The van der Waals surface area contributed by atoms with Crippen LogP contribution < -0.4 is 15.4 Å². The van der Waals surface area contributed by atoms with Gasteiger partial charge in [-0.3, -0.25) is 5.32 Å². The Morgan fingerprint density at radius 1 is 1.06 bits per heavy atom. The van der Waals surface area contributed by atoms with E-state index in [1.54, 1.807) is 24.3 Å². The summed E-state index contributed by atoms with van der Waals surface area (Å²) >= 11 is 6.90. The van der Waals surface area contributed by atoms with Crippen molar-refractivity contribution in [2.75, 3.05) is 11.9 Å². The summed E-state index contributed by atoms with van der Waals surface area (Å²) in [6.45, 7) is 0.146. The number of anilines is 1. The Kier molecular flexibility index (Phi) is 7.10. The van der Waals surface area contributed by atoms with Crippen molar-refractivity contribution in [3.8, 4) is 11.3 Å². The van der Waals surface area contributed by atoms with Gasteiger partial charge in [0.15, 0.2) is 0 Å². The number of halogens is 1. The molecule has 3 amide bonds. The molecule has 31 heavy (non-hydrogen) atoms. The summed E-state index contributed by atoms with van der Waals surface area (Å²) in [7, 11) is -4.10. The van der Waals surface area contributed by atoms with Gasteiger partial charge in [-0.2, -0.15) is 0 Å². The number of carboxylic acid groups (broad SMARTS) is 1. The summed E-state index contributed by atoms with van der Waals surface area (Å²) in [5, 5.41) is 14.8. The number of carbonyl (C=O) groups excluding carboxylic acids is 1. The zero-order valence-electron chi connectivity index (χ0n) is 15.8. The van der Waals surface area contributed by atoms with Crippen molar-refractivity contribution >= 4 is 50.1 Å². The molecule has 12 heteroatoms. The molecule has 9 nitrogen and oxygen atoms in total. The van der Waals surface area contributed by atoms with Crippen molar-refractivity contribution in [1.82, 2.24) is 15.0 Å². The molecule has 3 rings (SSSR count). The Morgan fingerprint density at radius 3 is 2.39 bits per heavy atom. The van der Waals surface area contributed by atoms with E-state index in [2.05, 4.69) is 15.6 Å². The average Bonchev–Trinajstić information content (AvgIpc) is 3.10. The monoisotopic (exact) mass is 480 g/mol. The highest BCUT2D eigenvalue weighted by atomic mass is 35.5. The van der Waals surface area contributed by atoms with Crippen molar-refractivity contribution in [2.24, 2.45) is 0 Å². The van der Waals surface area contributed by atoms with Crippen LogP contribution in [0, 0.1) is 0 Å². The molecule has 0 atom stereocenters. The van der Waals surface area contributed by atoms with Gasteiger partial charge >= 0.3 is 12.1 Å². The third kappa shape index (κ3) is 6.17. The lowest BCUT2D eigenvalue weighted by Gasteiger charge is -2.08. The first-order chi connectivity index (χ1) is 14.7. The molecule has 0 aliphatic rings. The number of hydrogen-bond acceptors (Lipinski definition) is 6. The standard InChI is InChI=1S/C19H17ClN4O5S2/c20-13-6-8-14(9-7-13)31(28,29)24-18(25)23-17-16(12-4-2-1-3-5-12)22-15(30-17)10-11-21-19(26)27/h1-9,21H,10-11H2,(H,26,27)(H2,23,24,25). The topological polar surface area (TPSA) is 137 Å². The van der Waals surface area contributed by atoms with E-state index >= 15 is 0 Å². The Hall–Kier alpha value is -3.15. The van der Waals surface area contributed by atoms with Crippen LogP contribution >= 0.6 is 22.9 Å². The molecule has 0 spiro atoms. The number of thiazole rings is 1. The van der Waals surface area contributed by atoms with E-state index in [9.17, 15) is 18.0 Å². The number of hydrogen-bond donors (Lipinski definition) is 4. The molecule has 0 saturated heterocycles. The number of nitrogens with one attached hydrogen (secondary N) is 3. The highest BCUT2D eigenvalue weighted by molar-refractivity contribution is 7.90. The van der Waals surface area contributed by atoms with Crippen LogP contribution in [0.4, 0.5) is 14.6 Å². The van der Waals surface area contributed by atoms with Gasteiger partial charge < -0.3 is 10.4 Å². The van der Waals surface area contributed by atoms with Gasteiger partial charge in [-0.15, -0.1) is 11.3 Å². The fourth-order valence-corrected chi connectivity index (χ4v) is 4.56. The molecule has 1 heterocycles. The van der Waals surface area contributed by atoms with Gasteiger partial charge in [0.05, 0.1) is 9.90 Å². The van der Waals surface area contributed by atoms with Crippen LogP contribution in [-0.4, -0.2) is 37.2 Å². The van der Waals surface area contributed by atoms with E-state index in [4.69, 9.17) is 16.7 Å². The zero-order chi connectivity index (χ0) is 22.4. The molecule has 162 valence electrons. The summed E-state index contributed by atoms with van der Waals surface area (Å²) < 4.78 is 26.8. The number of benzene rings is 2. The highest BCUT2D eigenvalue weighted by Gasteiger charge is 2.20. The fourth-order valence-electron chi connectivity index (χ4n) is 2.55. The van der Waals surface area contributed by atoms with Crippen LogP contribution in [0.15, 0.2) is 59.5 Å². The number of amides is 3. The number of carbonyl (C=O) groups is 2. The predicted molar refractivity (Wildman–Crippen MR) is 118 cm³/mol. The van der Waals surface area contributed by atoms with Crippen LogP contribution in [0.3, 0.4) is 0 Å². The summed E-state index contributed by atoms with van der Waals surface area (Å²) in [6, 6.07) is 13.4. The molecular formula is C19H17ClN4O5S2. The maximum atomic E-state index is 12.4. The van der Waals surface area contributed by atoms with Gasteiger partial charge in [-0.1, -0.05) is 41.9 Å². The van der Waals surface area contributed by atoms with Crippen LogP contribution in [0.25, 0.3) is 11.3 Å². The Morgan fingerprint density at radius 2 is 1.74 bits per heavy atom. The number of nitrogens with zero attached hydrogens (tertiary/aromatic N) is 1. The van der Waals surface area contributed by atoms with Crippen LogP contribution in [0.2, 0.25) is 5.02 Å². The predicted octanol–water partition coefficient (Wildman–Crippen LogP) is 3.78. The van der Waals surface area contributed by atoms with E-state index in [1.165, 1.54) is 24.3 Å². The highest BCUT2D eigenvalue weighted by Crippen LogP contribution is 2.33. The quantitative estimate of drug-likeness (QED) is 0.406. The molecule has 0 fully saturated rings. The van der Waals surface area contributed by atoms with Gasteiger partial charge in [-0.05, 0) is 24.3 Å². The molecule has 0 saturated carbocycles. The Bertz CT molecular complexity index is 1180. The summed E-state index contributed by atoms with van der Waals surface area (Å²) in [5.74, 6) is 0. The van der Waals surface area contributed by atoms with E-state index in [0.717, 1.165) is 11.3 Å². The number of urea groups is 1. The summed E-state index contributed by atoms with van der Waals surface area (Å²) in [6.07, 6.45) is -0.839. The molecule has 4 N–H and O–H groups in total. The minimum absolute atomic E-state index is 0.111. The number of sulfonamides is 1. The molecular weight excluding hydrogens is 464 g/mol. The summed E-state index contributed by atoms with van der Waals surface area (Å²) in [4.78, 5) is 27.4. The third-order valence-electron chi connectivity index (χ3n) is 3.91. The fraction of sp³-hybridized carbons (Fsp3) is 0.105. The lowest BCUT2D eigenvalue weighted by atomic mass is 10.2. The van der Waals surface area contributed by atoms with Crippen LogP contribution in [0.1, 0.15) is 5.01 Å². The molecule has 0 aliphatic carbocycles. The van der Waals surface area contributed by atoms with Gasteiger partial charge in [0.25, 0.3) is 10.0 Å². The Labute approximate surface area is 187 Å². The van der Waals surface area contributed by atoms with Crippen molar-refractivity contribution in [1.29, 1.82) is 0 Å². The van der Waals surface area contributed by atoms with Crippen LogP contribution in [-0.2, 0) is 16.4 Å². The van der Waals surface area contributed by atoms with Gasteiger partial charge in [0.1, 0.15) is 10.7 Å². The van der Waals surface area contributed by atoms with Gasteiger partial charge in [0, 0.05) is 23.6 Å². The largest absolute Gasteiger partial charge is 0.465 e. The van der Waals surface area contributed by atoms with E-state index in [1.807, 2.05) is 10.8 Å². The molecule has 0 unspecified atom stereocenters. The average molecular weight is 481 g/mol. The molecule has 2 aromatic carbocycles. The van der Waals surface area contributed by atoms with Crippen molar-refractivity contribution in [3.63, 3.8) is 0 Å². The maximum Gasteiger partial charge on any atom is 0.404 e. The number of rotatable bonds is 7. The third-order valence-corrected chi connectivity index (χ3v) is 6.54. The van der Waals surface area contributed by atoms with Gasteiger partial charge in [-0.25, -0.2) is 27.7 Å². The van der Waals surface area contributed by atoms with Gasteiger partial charge in [0.2, 0.25) is 0 Å². The molecule has 0 bridgehead atoms. The maximum absolute atomic E-state index is 12.4. The second-order valence-corrected chi connectivity index (χ2v) is 9.35. The van der Waals surface area contributed by atoms with Crippen molar-refractivity contribution < 1.29 is 23.1 Å². The minimum Gasteiger partial charge on any atom is -0.465 e. The van der Waals surface area contributed by atoms with Crippen LogP contribution in [0.5, 0.6) is 0 Å². The normalized spacial score (nSPS) is 11.0. The van der Waals surface area contributed by atoms with Crippen molar-refractivity contribution in [2.45, 2.75) is 11.3 Å². The molecule has 1 aromatic heterocycles. The lowest BCUT2D eigenvalue weighted by molar-refractivity contribution is 0.194. The molecule has 0 aliphatic heterocycles.